The van der Waals surface area contributed by atoms with Gasteiger partial charge in [-0.05, 0) is 72.5 Å². The second-order valence-electron chi connectivity index (χ2n) is 6.69. The van der Waals surface area contributed by atoms with Crippen molar-refractivity contribution in [1.29, 1.82) is 0 Å². The Morgan fingerprint density at radius 1 is 0.406 bits per heavy atom. The summed E-state index contributed by atoms with van der Waals surface area (Å²) < 4.78 is 0. The molecule has 8 heteroatoms. The van der Waals surface area contributed by atoms with Gasteiger partial charge >= 0.3 is 23.9 Å². The fourth-order valence-corrected chi connectivity index (χ4v) is 2.67. The van der Waals surface area contributed by atoms with Crippen molar-refractivity contribution in [2.45, 2.75) is 12.8 Å². The lowest BCUT2D eigenvalue weighted by molar-refractivity contribution is 0.0681. The van der Waals surface area contributed by atoms with Gasteiger partial charge in [0.05, 0.1) is 22.3 Å². The second kappa shape index (κ2) is 11.1. The van der Waals surface area contributed by atoms with Crippen molar-refractivity contribution in [3.05, 3.63) is 106 Å². The summed E-state index contributed by atoms with van der Waals surface area (Å²) in [5.74, 6) is -3.99. The molecule has 4 N–H and O–H groups in total. The summed E-state index contributed by atoms with van der Waals surface area (Å²) in [6.07, 6.45) is 1.57. The predicted molar refractivity (Wildman–Crippen MR) is 115 cm³/mol. The van der Waals surface area contributed by atoms with Crippen molar-refractivity contribution < 1.29 is 39.6 Å². The van der Waals surface area contributed by atoms with Gasteiger partial charge in [-0.25, -0.2) is 19.2 Å². The third-order valence-electron chi connectivity index (χ3n) is 4.48. The Balaban J connectivity index is 0.000000258. The van der Waals surface area contributed by atoms with Crippen LogP contribution in [0.25, 0.3) is 0 Å². The molecule has 8 nitrogen and oxygen atoms in total. The molecule has 3 aromatic carbocycles. The van der Waals surface area contributed by atoms with Gasteiger partial charge in [-0.1, -0.05) is 24.3 Å². The summed E-state index contributed by atoms with van der Waals surface area (Å²) in [5, 5.41) is 34.5. The zero-order chi connectivity index (χ0) is 23.7. The monoisotopic (exact) mass is 436 g/mol. The molecule has 0 aliphatic carbocycles. The van der Waals surface area contributed by atoms with Crippen molar-refractivity contribution in [1.82, 2.24) is 0 Å². The Morgan fingerprint density at radius 3 is 0.781 bits per heavy atom. The molecule has 3 aromatic rings. The van der Waals surface area contributed by atoms with Crippen molar-refractivity contribution in [2.24, 2.45) is 0 Å². The van der Waals surface area contributed by atoms with Gasteiger partial charge < -0.3 is 20.4 Å². The Hall–Kier alpha value is -4.46. The molecule has 0 saturated carbocycles. The fraction of sp³-hybridized carbons (Fsp3) is 0.0833. The van der Waals surface area contributed by atoms with E-state index in [0.29, 0.717) is 0 Å². The topological polar surface area (TPSA) is 149 Å². The van der Waals surface area contributed by atoms with Gasteiger partial charge in [0.2, 0.25) is 0 Å². The van der Waals surface area contributed by atoms with Gasteiger partial charge in [-0.3, -0.25) is 0 Å². The molecule has 0 aromatic heterocycles. The van der Waals surface area contributed by atoms with Crippen molar-refractivity contribution in [3.8, 4) is 0 Å². The zero-order valence-corrected chi connectivity index (χ0v) is 16.8. The van der Waals surface area contributed by atoms with Crippen LogP contribution >= 0.6 is 0 Å². The average molecular weight is 436 g/mol. The Labute approximate surface area is 183 Å². The maximum Gasteiger partial charge on any atom is 0.335 e. The molecule has 0 spiro atoms. The van der Waals surface area contributed by atoms with Crippen LogP contribution in [0.3, 0.4) is 0 Å². The lowest BCUT2D eigenvalue weighted by atomic mass is 10.0. The molecule has 0 heterocycles. The maximum absolute atomic E-state index is 10.7. The third-order valence-corrected chi connectivity index (χ3v) is 4.48. The van der Waals surface area contributed by atoms with Crippen LogP contribution in [0, 0.1) is 0 Å². The first-order valence-electron chi connectivity index (χ1n) is 9.38. The zero-order valence-electron chi connectivity index (χ0n) is 16.8. The van der Waals surface area contributed by atoms with Crippen LogP contribution in [0.15, 0.2) is 72.8 Å². The van der Waals surface area contributed by atoms with Crippen LogP contribution in [0.2, 0.25) is 0 Å². The van der Waals surface area contributed by atoms with Crippen molar-refractivity contribution in [2.75, 3.05) is 0 Å². The van der Waals surface area contributed by atoms with E-state index in [2.05, 4.69) is 0 Å². The molecule has 0 unspecified atom stereocenters. The standard InChI is InChI=1S/C16H14O4.C8H6O4/c17-15(18)13-7-3-11(4-8-13)1-2-12-5-9-14(10-6-12)16(19)20;9-7(10)5-1-2-6(4-3-5)8(11)12/h3-10H,1-2H2,(H,17,18)(H,19,20);1-4H,(H,9,10)(H,11,12). The van der Waals surface area contributed by atoms with Crippen LogP contribution in [0.4, 0.5) is 0 Å². The summed E-state index contributed by atoms with van der Waals surface area (Å²) in [6.45, 7) is 0. The average Bonchev–Trinajstić information content (AvgIpc) is 2.78. The molecule has 0 radical (unpaired) electrons. The van der Waals surface area contributed by atoms with Crippen molar-refractivity contribution >= 4 is 23.9 Å². The normalized spacial score (nSPS) is 9.88. The molecule has 0 amide bonds. The van der Waals surface area contributed by atoms with Gasteiger partial charge in [-0.15, -0.1) is 0 Å². The van der Waals surface area contributed by atoms with E-state index >= 15 is 0 Å². The minimum Gasteiger partial charge on any atom is -0.478 e. The second-order valence-corrected chi connectivity index (χ2v) is 6.69. The lowest BCUT2D eigenvalue weighted by Gasteiger charge is -2.03. The van der Waals surface area contributed by atoms with E-state index in [1.165, 1.54) is 24.3 Å². The summed E-state index contributed by atoms with van der Waals surface area (Å²) in [7, 11) is 0. The van der Waals surface area contributed by atoms with Gasteiger partial charge in [0.25, 0.3) is 0 Å². The van der Waals surface area contributed by atoms with E-state index in [0.717, 1.165) is 24.0 Å². The number of rotatable bonds is 7. The number of carboxylic acids is 4. The number of benzene rings is 3. The van der Waals surface area contributed by atoms with Crippen LogP contribution in [0.1, 0.15) is 52.6 Å². The number of aromatic carboxylic acids is 4. The highest BCUT2D eigenvalue weighted by Gasteiger charge is 2.05. The van der Waals surface area contributed by atoms with E-state index in [4.69, 9.17) is 20.4 Å². The number of hydrogen-bond donors (Lipinski definition) is 4. The first kappa shape index (κ1) is 23.8. The van der Waals surface area contributed by atoms with Gasteiger partial charge in [0, 0.05) is 0 Å². The number of carboxylic acid groups (broad SMARTS) is 4. The van der Waals surface area contributed by atoms with E-state index in [-0.39, 0.29) is 22.3 Å². The Bertz CT molecular complexity index is 1010. The third kappa shape index (κ3) is 7.10. The minimum atomic E-state index is -1.06. The molecular weight excluding hydrogens is 416 g/mol. The SMILES string of the molecule is O=C(O)c1ccc(C(=O)O)cc1.O=C(O)c1ccc(CCc2ccc(C(=O)O)cc2)cc1. The smallest absolute Gasteiger partial charge is 0.335 e. The maximum atomic E-state index is 10.7. The number of carbonyl (C=O) groups is 4. The van der Waals surface area contributed by atoms with Crippen LogP contribution in [0.5, 0.6) is 0 Å². The number of aryl methyl sites for hydroxylation is 2. The highest BCUT2D eigenvalue weighted by molar-refractivity contribution is 5.91. The molecule has 0 fully saturated rings. The van der Waals surface area contributed by atoms with E-state index in [1.807, 2.05) is 0 Å². The lowest BCUT2D eigenvalue weighted by Crippen LogP contribution is -1.99. The molecular formula is C24H20O8. The Morgan fingerprint density at radius 2 is 0.594 bits per heavy atom. The fourth-order valence-electron chi connectivity index (χ4n) is 2.67. The van der Waals surface area contributed by atoms with Crippen LogP contribution in [-0.4, -0.2) is 44.3 Å². The molecule has 0 atom stereocenters. The van der Waals surface area contributed by atoms with Gasteiger partial charge in [0.15, 0.2) is 0 Å². The van der Waals surface area contributed by atoms with Gasteiger partial charge in [-0.2, -0.15) is 0 Å². The highest BCUT2D eigenvalue weighted by atomic mass is 16.4. The largest absolute Gasteiger partial charge is 0.478 e. The summed E-state index contributed by atoms with van der Waals surface area (Å²) in [5.41, 5.74) is 2.83. The van der Waals surface area contributed by atoms with E-state index < -0.39 is 23.9 Å². The predicted octanol–water partition coefficient (Wildman–Crippen LogP) is 3.95. The molecule has 164 valence electrons. The van der Waals surface area contributed by atoms with Crippen molar-refractivity contribution in [3.63, 3.8) is 0 Å². The number of hydrogen-bond acceptors (Lipinski definition) is 4. The Kier molecular flexibility index (Phi) is 8.24. The molecule has 0 aliphatic rings. The van der Waals surface area contributed by atoms with E-state index in [1.54, 1.807) is 48.5 Å². The quantitative estimate of drug-likeness (QED) is 0.435. The minimum absolute atomic E-state index is 0.0833. The first-order chi connectivity index (χ1) is 15.2. The summed E-state index contributed by atoms with van der Waals surface area (Å²) >= 11 is 0. The molecule has 0 aliphatic heterocycles. The highest BCUT2D eigenvalue weighted by Crippen LogP contribution is 2.11. The molecule has 0 saturated heterocycles. The molecule has 32 heavy (non-hydrogen) atoms. The van der Waals surface area contributed by atoms with Gasteiger partial charge in [0.1, 0.15) is 0 Å². The molecule has 0 bridgehead atoms. The summed E-state index contributed by atoms with van der Waals surface area (Å²) in [6, 6.07) is 18.6. The van der Waals surface area contributed by atoms with Crippen LogP contribution in [-0.2, 0) is 12.8 Å². The van der Waals surface area contributed by atoms with Crippen LogP contribution < -0.4 is 0 Å². The van der Waals surface area contributed by atoms with E-state index in [9.17, 15) is 19.2 Å². The first-order valence-corrected chi connectivity index (χ1v) is 9.38. The summed E-state index contributed by atoms with van der Waals surface area (Å²) in [4.78, 5) is 42.1. The molecule has 3 rings (SSSR count).